The zero-order valence-corrected chi connectivity index (χ0v) is 10.5. The van der Waals surface area contributed by atoms with Crippen LogP contribution in [0.3, 0.4) is 0 Å². The molecule has 0 amide bonds. The van der Waals surface area contributed by atoms with E-state index in [2.05, 4.69) is 0 Å². The summed E-state index contributed by atoms with van der Waals surface area (Å²) in [5.74, 6) is 0.514. The highest BCUT2D eigenvalue weighted by atomic mass is 19.1. The quantitative estimate of drug-likeness (QED) is 0.764. The van der Waals surface area contributed by atoms with Crippen molar-refractivity contribution >= 4 is 11.5 Å². The van der Waals surface area contributed by atoms with Crippen molar-refractivity contribution in [1.82, 2.24) is 0 Å². The number of ketones is 1. The average Bonchev–Trinajstić information content (AvgIpc) is 2.28. The largest absolute Gasteiger partial charge is 0.495 e. The van der Waals surface area contributed by atoms with Crippen LogP contribution in [-0.2, 0) is 4.79 Å². The molecule has 17 heavy (non-hydrogen) atoms. The molecule has 0 saturated carbocycles. The molecule has 1 aromatic rings. The van der Waals surface area contributed by atoms with Crippen molar-refractivity contribution in [2.24, 2.45) is 0 Å². The second-order valence-corrected chi connectivity index (χ2v) is 4.04. The van der Waals surface area contributed by atoms with E-state index in [1.807, 2.05) is 11.9 Å². The minimum Gasteiger partial charge on any atom is -0.495 e. The summed E-state index contributed by atoms with van der Waals surface area (Å²) in [5.41, 5.74) is 0.705. The smallest absolute Gasteiger partial charge is 0.142 e. The number of methoxy groups -OCH3 is 1. The van der Waals surface area contributed by atoms with Gasteiger partial charge in [0.1, 0.15) is 17.3 Å². The Bertz CT molecular complexity index is 393. The van der Waals surface area contributed by atoms with Crippen molar-refractivity contribution in [3.63, 3.8) is 0 Å². The third-order valence-corrected chi connectivity index (χ3v) is 2.57. The number of halogens is 1. The Labute approximate surface area is 101 Å². The molecule has 3 nitrogen and oxygen atoms in total. The van der Waals surface area contributed by atoms with E-state index in [4.69, 9.17) is 4.74 Å². The molecule has 0 heterocycles. The molecule has 4 heteroatoms. The van der Waals surface area contributed by atoms with E-state index in [1.54, 1.807) is 20.1 Å². The molecule has 0 aliphatic rings. The normalized spacial score (nSPS) is 10.1. The minimum absolute atomic E-state index is 0.171. The van der Waals surface area contributed by atoms with Crippen LogP contribution in [0.2, 0.25) is 0 Å². The van der Waals surface area contributed by atoms with Gasteiger partial charge in [0.05, 0.1) is 12.8 Å². The lowest BCUT2D eigenvalue weighted by molar-refractivity contribution is -0.117. The molecular formula is C13H18FNO2. The second kappa shape index (κ2) is 6.23. The van der Waals surface area contributed by atoms with Crippen LogP contribution in [-0.4, -0.2) is 26.5 Å². The lowest BCUT2D eigenvalue weighted by atomic mass is 10.2. The zero-order valence-electron chi connectivity index (χ0n) is 10.5. The van der Waals surface area contributed by atoms with Gasteiger partial charge in [-0.05, 0) is 25.5 Å². The maximum atomic E-state index is 13.2. The molecule has 0 unspecified atom stereocenters. The summed E-state index contributed by atoms with van der Waals surface area (Å²) in [5, 5.41) is 0. The van der Waals surface area contributed by atoms with Crippen LogP contribution < -0.4 is 9.64 Å². The van der Waals surface area contributed by atoms with Gasteiger partial charge in [-0.25, -0.2) is 4.39 Å². The monoisotopic (exact) mass is 239 g/mol. The van der Waals surface area contributed by atoms with Crippen LogP contribution in [0.25, 0.3) is 0 Å². The fraction of sp³-hybridized carbons (Fsp3) is 0.462. The van der Waals surface area contributed by atoms with Gasteiger partial charge in [0.25, 0.3) is 0 Å². The number of Topliss-reactive ketones (excluding diaryl/α,β-unsaturated/α-hetero) is 1. The van der Waals surface area contributed by atoms with Gasteiger partial charge < -0.3 is 14.4 Å². The molecule has 0 aliphatic carbocycles. The Morgan fingerprint density at radius 3 is 2.76 bits per heavy atom. The Hall–Kier alpha value is -1.58. The van der Waals surface area contributed by atoms with Crippen molar-refractivity contribution in [2.45, 2.75) is 19.8 Å². The number of benzene rings is 1. The van der Waals surface area contributed by atoms with Gasteiger partial charge in [0.2, 0.25) is 0 Å². The molecule has 1 aromatic carbocycles. The van der Waals surface area contributed by atoms with E-state index < -0.39 is 0 Å². The summed E-state index contributed by atoms with van der Waals surface area (Å²) in [6, 6.07) is 4.41. The van der Waals surface area contributed by atoms with Crippen molar-refractivity contribution in [3.8, 4) is 5.75 Å². The molecule has 0 spiro atoms. The van der Waals surface area contributed by atoms with Crippen LogP contribution in [0.4, 0.5) is 10.1 Å². The first-order valence-corrected chi connectivity index (χ1v) is 5.58. The SMILES string of the molecule is COc1ccc(F)cc1N(C)CCCC(C)=O. The van der Waals surface area contributed by atoms with Gasteiger partial charge in [-0.2, -0.15) is 0 Å². The Kier molecular flexibility index (Phi) is 4.94. The maximum Gasteiger partial charge on any atom is 0.142 e. The standard InChI is InChI=1S/C13H18FNO2/c1-10(16)5-4-8-15(2)12-9-11(14)6-7-13(12)17-3/h6-7,9H,4-5,8H2,1-3H3. The summed E-state index contributed by atoms with van der Waals surface area (Å²) in [4.78, 5) is 12.7. The van der Waals surface area contributed by atoms with E-state index >= 15 is 0 Å². The van der Waals surface area contributed by atoms with Crippen molar-refractivity contribution in [3.05, 3.63) is 24.0 Å². The molecule has 0 atom stereocenters. The topological polar surface area (TPSA) is 29.5 Å². The van der Waals surface area contributed by atoms with E-state index in [0.29, 0.717) is 24.4 Å². The highest BCUT2D eigenvalue weighted by molar-refractivity contribution is 5.75. The molecule has 0 N–H and O–H groups in total. The summed E-state index contributed by atoms with van der Waals surface area (Å²) in [7, 11) is 3.41. The summed E-state index contributed by atoms with van der Waals surface area (Å²) < 4.78 is 18.3. The molecule has 0 bridgehead atoms. The predicted octanol–water partition coefficient (Wildman–Crippen LogP) is 2.64. The van der Waals surface area contributed by atoms with E-state index in [-0.39, 0.29) is 11.6 Å². The van der Waals surface area contributed by atoms with Crippen LogP contribution in [0.15, 0.2) is 18.2 Å². The van der Waals surface area contributed by atoms with Crippen molar-refractivity contribution in [1.29, 1.82) is 0 Å². The number of nitrogens with zero attached hydrogens (tertiary/aromatic N) is 1. The highest BCUT2D eigenvalue weighted by Gasteiger charge is 2.09. The number of ether oxygens (including phenoxy) is 1. The first-order valence-electron chi connectivity index (χ1n) is 5.58. The van der Waals surface area contributed by atoms with Gasteiger partial charge in [-0.15, -0.1) is 0 Å². The van der Waals surface area contributed by atoms with E-state index in [9.17, 15) is 9.18 Å². The number of rotatable bonds is 6. The van der Waals surface area contributed by atoms with E-state index in [1.165, 1.54) is 12.1 Å². The minimum atomic E-state index is -0.292. The molecule has 1 rings (SSSR count). The molecule has 0 saturated heterocycles. The van der Waals surface area contributed by atoms with Crippen molar-refractivity contribution in [2.75, 3.05) is 25.6 Å². The summed E-state index contributed by atoms with van der Waals surface area (Å²) >= 11 is 0. The number of hydrogen-bond acceptors (Lipinski definition) is 3. The first-order chi connectivity index (χ1) is 8.04. The number of carbonyl (C=O) groups is 1. The summed E-state index contributed by atoms with van der Waals surface area (Å²) in [6.07, 6.45) is 1.30. The number of carbonyl (C=O) groups excluding carboxylic acids is 1. The van der Waals surface area contributed by atoms with Crippen LogP contribution in [0, 0.1) is 5.82 Å². The van der Waals surface area contributed by atoms with Crippen LogP contribution in [0.5, 0.6) is 5.75 Å². The Balaban J connectivity index is 2.69. The number of anilines is 1. The zero-order chi connectivity index (χ0) is 12.8. The Morgan fingerprint density at radius 2 is 2.18 bits per heavy atom. The van der Waals surface area contributed by atoms with Gasteiger partial charge in [-0.3, -0.25) is 0 Å². The molecule has 0 aliphatic heterocycles. The first kappa shape index (κ1) is 13.5. The molecular weight excluding hydrogens is 221 g/mol. The van der Waals surface area contributed by atoms with E-state index in [0.717, 1.165) is 6.42 Å². The molecule has 0 radical (unpaired) electrons. The van der Waals surface area contributed by atoms with Gasteiger partial charge >= 0.3 is 0 Å². The molecule has 94 valence electrons. The van der Waals surface area contributed by atoms with Gasteiger partial charge in [-0.1, -0.05) is 0 Å². The fourth-order valence-electron chi connectivity index (χ4n) is 1.65. The average molecular weight is 239 g/mol. The van der Waals surface area contributed by atoms with Crippen LogP contribution in [0.1, 0.15) is 19.8 Å². The van der Waals surface area contributed by atoms with Crippen molar-refractivity contribution < 1.29 is 13.9 Å². The predicted molar refractivity (Wildman–Crippen MR) is 66.1 cm³/mol. The Morgan fingerprint density at radius 1 is 1.47 bits per heavy atom. The highest BCUT2D eigenvalue weighted by Crippen LogP contribution is 2.28. The third-order valence-electron chi connectivity index (χ3n) is 2.57. The fourth-order valence-corrected chi connectivity index (χ4v) is 1.65. The van der Waals surface area contributed by atoms with Crippen LogP contribution >= 0.6 is 0 Å². The summed E-state index contributed by atoms with van der Waals surface area (Å²) in [6.45, 7) is 2.27. The lowest BCUT2D eigenvalue weighted by Gasteiger charge is -2.21. The third kappa shape index (κ3) is 4.06. The number of hydrogen-bond donors (Lipinski definition) is 0. The van der Waals surface area contributed by atoms with Gasteiger partial charge in [0.15, 0.2) is 0 Å². The lowest BCUT2D eigenvalue weighted by Crippen LogP contribution is -2.19. The maximum absolute atomic E-state index is 13.2. The molecule has 0 fully saturated rings. The van der Waals surface area contributed by atoms with Gasteiger partial charge in [0, 0.05) is 26.1 Å². The second-order valence-electron chi connectivity index (χ2n) is 4.04. The molecule has 0 aromatic heterocycles.